The number of anilines is 2. The fourth-order valence-corrected chi connectivity index (χ4v) is 2.67. The van der Waals surface area contributed by atoms with Crippen molar-refractivity contribution in [2.45, 2.75) is 26.3 Å². The minimum Gasteiger partial charge on any atom is -0.340 e. The van der Waals surface area contributed by atoms with E-state index in [1.54, 1.807) is 24.3 Å². The van der Waals surface area contributed by atoms with Crippen LogP contribution in [-0.2, 0) is 9.59 Å². The summed E-state index contributed by atoms with van der Waals surface area (Å²) in [5, 5.41) is 8.06. The number of para-hydroxylation sites is 1. The van der Waals surface area contributed by atoms with Gasteiger partial charge in [-0.05, 0) is 49.2 Å². The molecule has 0 unspecified atom stereocenters. The van der Waals surface area contributed by atoms with E-state index in [1.165, 1.54) is 0 Å². The molecule has 1 aliphatic rings. The first-order chi connectivity index (χ1) is 11.9. The molecule has 0 saturated heterocycles. The summed E-state index contributed by atoms with van der Waals surface area (Å²) in [6.07, 6.45) is -0.140. The van der Waals surface area contributed by atoms with Gasteiger partial charge in [-0.2, -0.15) is 0 Å². The first kappa shape index (κ1) is 16.7. The minimum atomic E-state index is -0.925. The van der Waals surface area contributed by atoms with Crippen LogP contribution in [0.4, 0.5) is 11.4 Å². The summed E-state index contributed by atoms with van der Waals surface area (Å²) < 4.78 is 0. The largest absolute Gasteiger partial charge is 0.340 e. The smallest absolute Gasteiger partial charge is 0.254 e. The van der Waals surface area contributed by atoms with Crippen LogP contribution in [0.5, 0.6) is 0 Å². The number of amides is 3. The fourth-order valence-electron chi connectivity index (χ4n) is 2.67. The fraction of sp³-hybridized carbons (Fsp3) is 0.211. The Morgan fingerprint density at radius 2 is 1.84 bits per heavy atom. The zero-order valence-corrected chi connectivity index (χ0v) is 14.1. The summed E-state index contributed by atoms with van der Waals surface area (Å²) in [4.78, 5) is 36.8. The quantitative estimate of drug-likeness (QED) is 0.803. The molecule has 25 heavy (non-hydrogen) atoms. The second-order valence-corrected chi connectivity index (χ2v) is 6.11. The van der Waals surface area contributed by atoms with Crippen molar-refractivity contribution in [3.05, 3.63) is 59.2 Å². The average molecular weight is 337 g/mol. The van der Waals surface area contributed by atoms with E-state index in [2.05, 4.69) is 16.0 Å². The molecule has 3 N–H and O–H groups in total. The predicted octanol–water partition coefficient (Wildman–Crippen LogP) is 2.38. The summed E-state index contributed by atoms with van der Waals surface area (Å²) in [7, 11) is 0. The molecule has 0 radical (unpaired) electrons. The average Bonchev–Trinajstić information content (AvgIpc) is 2.68. The highest BCUT2D eigenvalue weighted by molar-refractivity contribution is 6.11. The Bertz CT molecular complexity index is 861. The summed E-state index contributed by atoms with van der Waals surface area (Å²) in [6, 6.07) is 11.4. The highest BCUT2D eigenvalue weighted by atomic mass is 16.2. The molecule has 6 nitrogen and oxygen atoms in total. The molecule has 1 heterocycles. The molecule has 3 amide bonds. The lowest BCUT2D eigenvalue weighted by Gasteiger charge is -2.14. The zero-order valence-electron chi connectivity index (χ0n) is 14.1. The molecule has 2 aromatic carbocycles. The topological polar surface area (TPSA) is 87.3 Å². The predicted molar refractivity (Wildman–Crippen MR) is 95.5 cm³/mol. The van der Waals surface area contributed by atoms with Crippen molar-refractivity contribution in [2.24, 2.45) is 0 Å². The number of carbonyl (C=O) groups is 3. The van der Waals surface area contributed by atoms with Gasteiger partial charge in [0.05, 0.1) is 17.7 Å². The molecular weight excluding hydrogens is 318 g/mol. The summed E-state index contributed by atoms with van der Waals surface area (Å²) in [5.74, 6) is -1.12. The van der Waals surface area contributed by atoms with Gasteiger partial charge in [-0.1, -0.05) is 18.2 Å². The van der Waals surface area contributed by atoms with E-state index in [4.69, 9.17) is 0 Å². The van der Waals surface area contributed by atoms with Crippen LogP contribution in [-0.4, -0.2) is 23.8 Å². The van der Waals surface area contributed by atoms with Crippen LogP contribution in [0.1, 0.15) is 27.9 Å². The molecule has 6 heteroatoms. The van der Waals surface area contributed by atoms with Gasteiger partial charge < -0.3 is 16.0 Å². The van der Waals surface area contributed by atoms with Gasteiger partial charge in [-0.3, -0.25) is 14.4 Å². The van der Waals surface area contributed by atoms with Crippen LogP contribution in [0, 0.1) is 13.8 Å². The van der Waals surface area contributed by atoms with Crippen molar-refractivity contribution >= 4 is 29.1 Å². The molecule has 128 valence electrons. The summed E-state index contributed by atoms with van der Waals surface area (Å²) >= 11 is 0. The van der Waals surface area contributed by atoms with E-state index in [1.807, 2.05) is 32.0 Å². The van der Waals surface area contributed by atoms with E-state index in [-0.39, 0.29) is 18.2 Å². The summed E-state index contributed by atoms with van der Waals surface area (Å²) in [5.41, 5.74) is 3.69. The molecule has 1 atom stereocenters. The van der Waals surface area contributed by atoms with Crippen molar-refractivity contribution in [3.63, 3.8) is 0 Å². The minimum absolute atomic E-state index is 0.140. The Labute approximate surface area is 145 Å². The van der Waals surface area contributed by atoms with Crippen LogP contribution in [0.25, 0.3) is 0 Å². The lowest BCUT2D eigenvalue weighted by molar-refractivity contribution is -0.122. The monoisotopic (exact) mass is 337 g/mol. The third-order valence-corrected chi connectivity index (χ3v) is 4.23. The van der Waals surface area contributed by atoms with Crippen LogP contribution in [0.3, 0.4) is 0 Å². The number of benzene rings is 2. The van der Waals surface area contributed by atoms with Crippen LogP contribution in [0.15, 0.2) is 42.5 Å². The van der Waals surface area contributed by atoms with Crippen molar-refractivity contribution in [3.8, 4) is 0 Å². The highest BCUT2D eigenvalue weighted by Gasteiger charge is 2.29. The molecule has 0 aliphatic carbocycles. The van der Waals surface area contributed by atoms with Gasteiger partial charge >= 0.3 is 0 Å². The Balaban J connectivity index is 1.70. The van der Waals surface area contributed by atoms with Gasteiger partial charge in [0.1, 0.15) is 6.04 Å². The second-order valence-electron chi connectivity index (χ2n) is 6.11. The van der Waals surface area contributed by atoms with Crippen LogP contribution in [0.2, 0.25) is 0 Å². The molecule has 0 saturated carbocycles. The maximum Gasteiger partial charge on any atom is 0.254 e. The van der Waals surface area contributed by atoms with Gasteiger partial charge in [0.2, 0.25) is 11.8 Å². The number of aryl methyl sites for hydroxylation is 2. The molecule has 3 rings (SSSR count). The van der Waals surface area contributed by atoms with Crippen LogP contribution < -0.4 is 16.0 Å². The molecular formula is C19H19N3O3. The third-order valence-electron chi connectivity index (χ3n) is 4.23. The van der Waals surface area contributed by atoms with Gasteiger partial charge in [0.25, 0.3) is 5.91 Å². The Morgan fingerprint density at radius 1 is 1.08 bits per heavy atom. The van der Waals surface area contributed by atoms with Crippen molar-refractivity contribution in [2.75, 3.05) is 10.6 Å². The molecule has 0 spiro atoms. The van der Waals surface area contributed by atoms with Crippen molar-refractivity contribution < 1.29 is 14.4 Å². The Morgan fingerprint density at radius 3 is 2.60 bits per heavy atom. The van der Waals surface area contributed by atoms with Gasteiger partial charge in [0, 0.05) is 5.69 Å². The van der Waals surface area contributed by atoms with Gasteiger partial charge in [-0.15, -0.1) is 0 Å². The van der Waals surface area contributed by atoms with E-state index >= 15 is 0 Å². The molecule has 0 bridgehead atoms. The number of nitrogens with one attached hydrogen (secondary N) is 3. The van der Waals surface area contributed by atoms with Crippen LogP contribution >= 0.6 is 0 Å². The van der Waals surface area contributed by atoms with E-state index in [0.717, 1.165) is 11.1 Å². The standard InChI is InChI=1S/C19H19N3O3/c1-11-7-8-13(9-12(11)2)20-17(23)10-16-19(25)21-15-6-4-3-5-14(15)18(24)22-16/h3-9,16H,10H2,1-2H3,(H,20,23)(H,21,25)(H,22,24)/t16-/m1/s1. The third kappa shape index (κ3) is 3.68. The number of rotatable bonds is 3. The number of hydrogen-bond acceptors (Lipinski definition) is 3. The van der Waals surface area contributed by atoms with E-state index in [9.17, 15) is 14.4 Å². The maximum atomic E-state index is 12.3. The summed E-state index contributed by atoms with van der Waals surface area (Å²) in [6.45, 7) is 3.95. The maximum absolute atomic E-state index is 12.3. The Kier molecular flexibility index (Phi) is 4.52. The first-order valence-electron chi connectivity index (χ1n) is 8.02. The Hall–Kier alpha value is -3.15. The van der Waals surface area contributed by atoms with E-state index in [0.29, 0.717) is 16.9 Å². The highest BCUT2D eigenvalue weighted by Crippen LogP contribution is 2.19. The lowest BCUT2D eigenvalue weighted by Crippen LogP contribution is -2.43. The van der Waals surface area contributed by atoms with Crippen molar-refractivity contribution in [1.29, 1.82) is 0 Å². The molecule has 0 fully saturated rings. The molecule has 2 aromatic rings. The lowest BCUT2D eigenvalue weighted by atomic mass is 10.1. The van der Waals surface area contributed by atoms with Crippen molar-refractivity contribution in [1.82, 2.24) is 5.32 Å². The first-order valence-corrected chi connectivity index (χ1v) is 8.02. The number of hydrogen-bond donors (Lipinski definition) is 3. The number of carbonyl (C=O) groups excluding carboxylic acids is 3. The SMILES string of the molecule is Cc1ccc(NC(=O)C[C@H]2NC(=O)c3ccccc3NC2=O)cc1C. The number of fused-ring (bicyclic) bond motifs is 1. The zero-order chi connectivity index (χ0) is 18.0. The molecule has 1 aliphatic heterocycles. The van der Waals surface area contributed by atoms with Gasteiger partial charge in [-0.25, -0.2) is 0 Å². The van der Waals surface area contributed by atoms with E-state index < -0.39 is 11.9 Å². The normalized spacial score (nSPS) is 16.3. The second kappa shape index (κ2) is 6.76. The molecule has 0 aromatic heterocycles. The van der Waals surface area contributed by atoms with Gasteiger partial charge in [0.15, 0.2) is 0 Å².